The Labute approximate surface area is 201 Å². The second-order valence-electron chi connectivity index (χ2n) is 7.59. The molecule has 12 heteroatoms. The molecular weight excluding hydrogens is 478 g/mol. The van der Waals surface area contributed by atoms with Gasteiger partial charge in [0.15, 0.2) is 15.9 Å². The standard InChI is InChI=1S/C21H18ClN9S2/c1-2-11-16(22)15-18(27-11)29-21(32-10-7-13-17(26-8-10)25-5-4-24-13)30-19(15)31-6-3-12-14(9-31)33-20(23)28-12/h4-5,7-8H,2-3,6,9H2,1H3,(H2,23,28)(H,27,29,30). The van der Waals surface area contributed by atoms with E-state index >= 15 is 0 Å². The molecule has 6 heterocycles. The van der Waals surface area contributed by atoms with Crippen molar-refractivity contribution in [2.24, 2.45) is 0 Å². The predicted octanol–water partition coefficient (Wildman–Crippen LogP) is 4.26. The van der Waals surface area contributed by atoms with Gasteiger partial charge in [0, 0.05) is 47.0 Å². The molecule has 5 aromatic rings. The van der Waals surface area contributed by atoms with Crippen LogP contribution in [0.2, 0.25) is 5.02 Å². The molecular formula is C21H18ClN9S2. The van der Waals surface area contributed by atoms with Crippen molar-refractivity contribution < 1.29 is 0 Å². The Bertz CT molecular complexity index is 1510. The molecule has 33 heavy (non-hydrogen) atoms. The number of H-pyrrole nitrogens is 1. The van der Waals surface area contributed by atoms with E-state index in [0.29, 0.717) is 27.5 Å². The second-order valence-corrected chi connectivity index (χ2v) is 10.1. The van der Waals surface area contributed by atoms with Crippen molar-refractivity contribution in [2.75, 3.05) is 17.2 Å². The van der Waals surface area contributed by atoms with Crippen molar-refractivity contribution in [1.82, 2.24) is 34.9 Å². The molecule has 0 spiro atoms. The number of halogens is 1. The number of anilines is 2. The third kappa shape index (κ3) is 3.65. The van der Waals surface area contributed by atoms with Crippen LogP contribution in [-0.4, -0.2) is 41.4 Å². The normalized spacial score (nSPS) is 13.7. The number of fused-ring (bicyclic) bond motifs is 3. The number of hydrogen-bond acceptors (Lipinski definition) is 10. The van der Waals surface area contributed by atoms with Gasteiger partial charge in [-0.25, -0.2) is 24.9 Å². The van der Waals surface area contributed by atoms with Gasteiger partial charge < -0.3 is 15.6 Å². The highest BCUT2D eigenvalue weighted by atomic mass is 35.5. The summed E-state index contributed by atoms with van der Waals surface area (Å²) in [6, 6.07) is 1.94. The van der Waals surface area contributed by atoms with Crippen molar-refractivity contribution >= 4 is 67.8 Å². The number of nitrogen functional groups attached to an aromatic ring is 1. The SMILES string of the molecule is CCc1[nH]c2nc(Sc3cnc4nccnc4c3)nc(N3CCc4nc(N)sc4C3)c2c1Cl. The molecule has 0 aliphatic carbocycles. The van der Waals surface area contributed by atoms with Crippen LogP contribution in [-0.2, 0) is 19.4 Å². The van der Waals surface area contributed by atoms with E-state index in [0.717, 1.165) is 58.0 Å². The lowest BCUT2D eigenvalue weighted by atomic mass is 10.1. The number of aromatic nitrogens is 7. The average molecular weight is 496 g/mol. The molecule has 0 saturated carbocycles. The Morgan fingerprint density at radius 1 is 1.21 bits per heavy atom. The zero-order chi connectivity index (χ0) is 22.5. The maximum Gasteiger partial charge on any atom is 0.196 e. The van der Waals surface area contributed by atoms with E-state index in [1.807, 2.05) is 6.07 Å². The van der Waals surface area contributed by atoms with E-state index < -0.39 is 0 Å². The molecule has 3 N–H and O–H groups in total. The molecule has 0 unspecified atom stereocenters. The number of aromatic amines is 1. The van der Waals surface area contributed by atoms with Crippen LogP contribution in [0.25, 0.3) is 22.2 Å². The molecule has 0 saturated heterocycles. The Balaban J connectivity index is 1.44. The van der Waals surface area contributed by atoms with Gasteiger partial charge in [-0.15, -0.1) is 11.3 Å². The Kier molecular flexibility index (Phi) is 5.04. The monoisotopic (exact) mass is 495 g/mol. The number of hydrogen-bond donors (Lipinski definition) is 2. The Morgan fingerprint density at radius 2 is 2.09 bits per heavy atom. The first kappa shape index (κ1) is 20.6. The molecule has 0 atom stereocenters. The van der Waals surface area contributed by atoms with Crippen LogP contribution >= 0.6 is 34.7 Å². The molecule has 5 aromatic heterocycles. The number of nitrogens with two attached hydrogens (primary N) is 1. The fourth-order valence-electron chi connectivity index (χ4n) is 3.99. The molecule has 9 nitrogen and oxygen atoms in total. The Hall–Kier alpha value is -3.02. The first-order chi connectivity index (χ1) is 16.1. The molecule has 1 aliphatic heterocycles. The van der Waals surface area contributed by atoms with Gasteiger partial charge in [0.1, 0.15) is 17.0 Å². The van der Waals surface area contributed by atoms with Crippen LogP contribution in [0.15, 0.2) is 34.7 Å². The number of pyridine rings is 1. The summed E-state index contributed by atoms with van der Waals surface area (Å²) in [6.07, 6.45) is 6.64. The van der Waals surface area contributed by atoms with Crippen LogP contribution in [0.5, 0.6) is 0 Å². The molecule has 0 fully saturated rings. The van der Waals surface area contributed by atoms with Gasteiger partial charge in [-0.05, 0) is 24.2 Å². The zero-order valence-electron chi connectivity index (χ0n) is 17.5. The predicted molar refractivity (Wildman–Crippen MR) is 131 cm³/mol. The van der Waals surface area contributed by atoms with Crippen LogP contribution in [0.3, 0.4) is 0 Å². The summed E-state index contributed by atoms with van der Waals surface area (Å²) in [7, 11) is 0. The van der Waals surface area contributed by atoms with Crippen LogP contribution < -0.4 is 10.6 Å². The number of rotatable bonds is 4. The summed E-state index contributed by atoms with van der Waals surface area (Å²) in [6.45, 7) is 3.54. The summed E-state index contributed by atoms with van der Waals surface area (Å²) < 4.78 is 0. The molecule has 0 amide bonds. The van der Waals surface area contributed by atoms with E-state index in [2.05, 4.69) is 36.7 Å². The van der Waals surface area contributed by atoms with E-state index in [4.69, 9.17) is 27.3 Å². The van der Waals surface area contributed by atoms with Crippen LogP contribution in [0.4, 0.5) is 10.9 Å². The number of thiazole rings is 1. The average Bonchev–Trinajstić information content (AvgIpc) is 3.36. The van der Waals surface area contributed by atoms with E-state index in [-0.39, 0.29) is 0 Å². The maximum absolute atomic E-state index is 6.76. The molecule has 0 aromatic carbocycles. The van der Waals surface area contributed by atoms with E-state index in [9.17, 15) is 0 Å². The summed E-state index contributed by atoms with van der Waals surface area (Å²) in [5.41, 5.74) is 10.0. The van der Waals surface area contributed by atoms with Gasteiger partial charge in [-0.3, -0.25) is 4.98 Å². The highest BCUT2D eigenvalue weighted by Crippen LogP contribution is 2.39. The number of nitrogens with one attached hydrogen (secondary N) is 1. The topological polar surface area (TPSA) is 122 Å². The fraction of sp³-hybridized carbons (Fsp3) is 0.238. The highest BCUT2D eigenvalue weighted by Gasteiger charge is 2.26. The van der Waals surface area contributed by atoms with Crippen LogP contribution in [0, 0.1) is 0 Å². The third-order valence-electron chi connectivity index (χ3n) is 5.53. The minimum atomic E-state index is 0.603. The third-order valence-corrected chi connectivity index (χ3v) is 7.69. The van der Waals surface area contributed by atoms with Crippen molar-refractivity contribution in [3.63, 3.8) is 0 Å². The molecule has 6 rings (SSSR count). The van der Waals surface area contributed by atoms with Gasteiger partial charge in [0.2, 0.25) is 0 Å². The lowest BCUT2D eigenvalue weighted by Crippen LogP contribution is -2.30. The quantitative estimate of drug-likeness (QED) is 0.352. The van der Waals surface area contributed by atoms with Crippen LogP contribution in [0.1, 0.15) is 23.2 Å². The van der Waals surface area contributed by atoms with Gasteiger partial charge in [0.25, 0.3) is 0 Å². The molecule has 1 aliphatic rings. The summed E-state index contributed by atoms with van der Waals surface area (Å²) in [5.74, 6) is 0.814. The second kappa shape index (κ2) is 8.08. The van der Waals surface area contributed by atoms with E-state index in [1.54, 1.807) is 18.6 Å². The fourth-order valence-corrected chi connectivity index (χ4v) is 5.99. The van der Waals surface area contributed by atoms with Crippen molar-refractivity contribution in [1.29, 1.82) is 0 Å². The van der Waals surface area contributed by atoms with Crippen molar-refractivity contribution in [2.45, 2.75) is 36.4 Å². The number of nitrogens with zero attached hydrogens (tertiary/aromatic N) is 7. The lowest BCUT2D eigenvalue weighted by molar-refractivity contribution is 0.715. The van der Waals surface area contributed by atoms with Gasteiger partial charge in [-0.2, -0.15) is 0 Å². The van der Waals surface area contributed by atoms with E-state index in [1.165, 1.54) is 28.0 Å². The summed E-state index contributed by atoms with van der Waals surface area (Å²) >= 11 is 9.73. The minimum Gasteiger partial charge on any atom is -0.375 e. The largest absolute Gasteiger partial charge is 0.375 e. The highest BCUT2D eigenvalue weighted by molar-refractivity contribution is 7.99. The summed E-state index contributed by atoms with van der Waals surface area (Å²) in [5, 5.41) is 2.74. The molecule has 0 bridgehead atoms. The first-order valence-corrected chi connectivity index (χ1v) is 12.4. The summed E-state index contributed by atoms with van der Waals surface area (Å²) in [4.78, 5) is 34.8. The van der Waals surface area contributed by atoms with Gasteiger partial charge in [-0.1, -0.05) is 18.5 Å². The van der Waals surface area contributed by atoms with Gasteiger partial charge in [0.05, 0.1) is 22.6 Å². The first-order valence-electron chi connectivity index (χ1n) is 10.4. The minimum absolute atomic E-state index is 0.603. The molecule has 0 radical (unpaired) electrons. The van der Waals surface area contributed by atoms with Crippen molar-refractivity contribution in [3.8, 4) is 0 Å². The number of aryl methyl sites for hydroxylation is 1. The maximum atomic E-state index is 6.76. The molecule has 166 valence electrons. The van der Waals surface area contributed by atoms with Crippen molar-refractivity contribution in [3.05, 3.63) is 45.9 Å². The lowest BCUT2D eigenvalue weighted by Gasteiger charge is -2.28. The Morgan fingerprint density at radius 3 is 2.97 bits per heavy atom. The smallest absolute Gasteiger partial charge is 0.196 e. The van der Waals surface area contributed by atoms with Gasteiger partial charge >= 0.3 is 0 Å². The zero-order valence-corrected chi connectivity index (χ0v) is 19.9.